The topological polar surface area (TPSA) is 120 Å². The lowest BCUT2D eigenvalue weighted by atomic mass is 9.97. The Labute approximate surface area is 157 Å². The molecule has 1 amide bonds. The lowest BCUT2D eigenvalue weighted by Gasteiger charge is -2.30. The summed E-state index contributed by atoms with van der Waals surface area (Å²) in [6.07, 6.45) is 2.66. The third-order valence-corrected chi connectivity index (χ3v) is 4.19. The van der Waals surface area contributed by atoms with E-state index >= 15 is 0 Å². The monoisotopic (exact) mass is 371 g/mol. The number of anilines is 1. The zero-order chi connectivity index (χ0) is 19.8. The van der Waals surface area contributed by atoms with Crippen LogP contribution >= 0.6 is 0 Å². The van der Waals surface area contributed by atoms with E-state index in [4.69, 9.17) is 9.84 Å². The van der Waals surface area contributed by atoms with E-state index < -0.39 is 11.9 Å². The quantitative estimate of drug-likeness (QED) is 0.446. The Morgan fingerprint density at radius 3 is 2.67 bits per heavy atom. The first-order valence-electron chi connectivity index (χ1n) is 8.62. The van der Waals surface area contributed by atoms with E-state index in [0.29, 0.717) is 38.2 Å². The Morgan fingerprint density at radius 1 is 1.37 bits per heavy atom. The van der Waals surface area contributed by atoms with Gasteiger partial charge in [0.25, 0.3) is 5.91 Å². The van der Waals surface area contributed by atoms with Crippen LogP contribution in [0.15, 0.2) is 36.0 Å². The standard InChI is InChI=1S/C19H21N3O5/c1-2-27-19(26)13-6-8-22(9-7-13)12-15(11-20)17(23)21-16-5-3-4-14(10-16)18(24)25/h3-5,10,12-13H,2,6-9H2,1H3,(H,21,23)(H,24,25)/b15-12-. The minimum absolute atomic E-state index is 0.0383. The molecule has 1 aromatic rings. The van der Waals surface area contributed by atoms with Gasteiger partial charge in [0.2, 0.25) is 0 Å². The van der Waals surface area contributed by atoms with E-state index in [-0.39, 0.29) is 23.0 Å². The molecule has 0 aliphatic carbocycles. The number of rotatable bonds is 6. The van der Waals surface area contributed by atoms with Crippen molar-refractivity contribution >= 4 is 23.5 Å². The molecule has 1 aliphatic rings. The Hall–Kier alpha value is -3.34. The Morgan fingerprint density at radius 2 is 2.07 bits per heavy atom. The summed E-state index contributed by atoms with van der Waals surface area (Å²) in [4.78, 5) is 36.9. The summed E-state index contributed by atoms with van der Waals surface area (Å²) in [5, 5.41) is 20.8. The number of piperidine rings is 1. The number of nitrogens with one attached hydrogen (secondary N) is 1. The van der Waals surface area contributed by atoms with Gasteiger partial charge in [0.15, 0.2) is 0 Å². The second kappa shape index (κ2) is 9.38. The summed E-state index contributed by atoms with van der Waals surface area (Å²) < 4.78 is 5.02. The van der Waals surface area contributed by atoms with E-state index in [1.54, 1.807) is 13.0 Å². The first kappa shape index (κ1) is 20.0. The number of aromatic carboxylic acids is 1. The van der Waals surface area contributed by atoms with Crippen LogP contribution in [-0.2, 0) is 14.3 Å². The molecule has 2 rings (SSSR count). The molecule has 27 heavy (non-hydrogen) atoms. The highest BCUT2D eigenvalue weighted by molar-refractivity contribution is 6.06. The summed E-state index contributed by atoms with van der Waals surface area (Å²) in [5.41, 5.74) is 0.240. The van der Waals surface area contributed by atoms with Gasteiger partial charge in [0.05, 0.1) is 18.1 Å². The molecule has 0 atom stereocenters. The molecule has 0 bridgehead atoms. The number of nitrogens with zero attached hydrogens (tertiary/aromatic N) is 2. The number of carboxylic acid groups (broad SMARTS) is 1. The van der Waals surface area contributed by atoms with Gasteiger partial charge in [0.1, 0.15) is 11.6 Å². The van der Waals surface area contributed by atoms with Gasteiger partial charge in [0, 0.05) is 25.0 Å². The van der Waals surface area contributed by atoms with E-state index in [9.17, 15) is 19.6 Å². The van der Waals surface area contributed by atoms with Gasteiger partial charge in [-0.1, -0.05) is 6.07 Å². The van der Waals surface area contributed by atoms with E-state index in [0.717, 1.165) is 0 Å². The van der Waals surface area contributed by atoms with Gasteiger partial charge in [-0.3, -0.25) is 9.59 Å². The summed E-state index contributed by atoms with van der Waals surface area (Å²) in [5.74, 6) is -2.09. The van der Waals surface area contributed by atoms with Gasteiger partial charge in [-0.15, -0.1) is 0 Å². The fourth-order valence-corrected chi connectivity index (χ4v) is 2.77. The number of nitriles is 1. The lowest BCUT2D eigenvalue weighted by Crippen LogP contribution is -2.34. The lowest BCUT2D eigenvalue weighted by molar-refractivity contribution is -0.149. The number of ether oxygens (including phenoxy) is 1. The summed E-state index contributed by atoms with van der Waals surface area (Å²) in [6, 6.07) is 7.64. The third-order valence-electron chi connectivity index (χ3n) is 4.19. The zero-order valence-electron chi connectivity index (χ0n) is 15.0. The molecule has 8 heteroatoms. The number of hydrogen-bond donors (Lipinski definition) is 2. The van der Waals surface area contributed by atoms with Crippen LogP contribution in [0.2, 0.25) is 0 Å². The fraction of sp³-hybridized carbons (Fsp3) is 0.368. The van der Waals surface area contributed by atoms with Crippen molar-refractivity contribution in [3.8, 4) is 6.07 Å². The smallest absolute Gasteiger partial charge is 0.335 e. The summed E-state index contributed by atoms with van der Waals surface area (Å²) in [7, 11) is 0. The molecule has 1 fully saturated rings. The average molecular weight is 371 g/mol. The molecular weight excluding hydrogens is 350 g/mol. The highest BCUT2D eigenvalue weighted by Crippen LogP contribution is 2.20. The molecule has 1 heterocycles. The number of esters is 1. The van der Waals surface area contributed by atoms with Crippen LogP contribution in [0.1, 0.15) is 30.1 Å². The van der Waals surface area contributed by atoms with Crippen LogP contribution in [0, 0.1) is 17.2 Å². The largest absolute Gasteiger partial charge is 0.478 e. The van der Waals surface area contributed by atoms with Crippen molar-refractivity contribution in [2.24, 2.45) is 5.92 Å². The van der Waals surface area contributed by atoms with Crippen molar-refractivity contribution < 1.29 is 24.2 Å². The Bertz CT molecular complexity index is 789. The zero-order valence-corrected chi connectivity index (χ0v) is 15.0. The van der Waals surface area contributed by atoms with E-state index in [1.807, 2.05) is 11.0 Å². The summed E-state index contributed by atoms with van der Waals surface area (Å²) >= 11 is 0. The first-order valence-corrected chi connectivity index (χ1v) is 8.62. The van der Waals surface area contributed by atoms with Crippen molar-refractivity contribution in [3.05, 3.63) is 41.6 Å². The molecule has 2 N–H and O–H groups in total. The van der Waals surface area contributed by atoms with Gasteiger partial charge < -0.3 is 20.1 Å². The third kappa shape index (κ3) is 5.57. The van der Waals surface area contributed by atoms with E-state index in [1.165, 1.54) is 24.4 Å². The highest BCUT2D eigenvalue weighted by atomic mass is 16.5. The predicted octanol–water partition coefficient (Wildman–Crippen LogP) is 2.01. The first-order chi connectivity index (χ1) is 12.9. The average Bonchev–Trinajstić information content (AvgIpc) is 2.66. The molecule has 0 aromatic heterocycles. The van der Waals surface area contributed by atoms with Gasteiger partial charge in [-0.2, -0.15) is 5.26 Å². The fourth-order valence-electron chi connectivity index (χ4n) is 2.77. The number of amides is 1. The molecule has 1 aromatic carbocycles. The van der Waals surface area contributed by atoms with E-state index in [2.05, 4.69) is 5.32 Å². The van der Waals surface area contributed by atoms with Crippen molar-refractivity contribution in [1.29, 1.82) is 5.26 Å². The van der Waals surface area contributed by atoms with Crippen LogP contribution in [0.25, 0.3) is 0 Å². The number of carbonyl (C=O) groups excluding carboxylic acids is 2. The maximum Gasteiger partial charge on any atom is 0.335 e. The molecule has 1 saturated heterocycles. The highest BCUT2D eigenvalue weighted by Gasteiger charge is 2.25. The van der Waals surface area contributed by atoms with Crippen molar-refractivity contribution in [1.82, 2.24) is 4.90 Å². The van der Waals surface area contributed by atoms with Crippen LogP contribution in [0.4, 0.5) is 5.69 Å². The molecule has 1 aliphatic heterocycles. The second-order valence-electron chi connectivity index (χ2n) is 6.06. The van der Waals surface area contributed by atoms with Crippen molar-refractivity contribution in [2.45, 2.75) is 19.8 Å². The molecule has 0 unspecified atom stereocenters. The van der Waals surface area contributed by atoms with Crippen LogP contribution in [-0.4, -0.2) is 47.5 Å². The molecule has 8 nitrogen and oxygen atoms in total. The second-order valence-corrected chi connectivity index (χ2v) is 6.06. The predicted molar refractivity (Wildman–Crippen MR) is 96.7 cm³/mol. The molecule has 0 saturated carbocycles. The maximum atomic E-state index is 12.3. The number of benzene rings is 1. The van der Waals surface area contributed by atoms with Gasteiger partial charge in [-0.25, -0.2) is 4.79 Å². The normalized spacial score (nSPS) is 15.0. The van der Waals surface area contributed by atoms with Crippen LogP contribution < -0.4 is 5.32 Å². The Kier molecular flexibility index (Phi) is 6.94. The Balaban J connectivity index is 1.99. The number of likely N-dealkylation sites (tertiary alicyclic amines) is 1. The number of carboxylic acids is 1. The molecular formula is C19H21N3O5. The maximum absolute atomic E-state index is 12.3. The molecule has 0 spiro atoms. The van der Waals surface area contributed by atoms with Crippen molar-refractivity contribution in [2.75, 3.05) is 25.0 Å². The number of hydrogen-bond acceptors (Lipinski definition) is 6. The number of carbonyl (C=O) groups is 3. The van der Waals surface area contributed by atoms with Crippen LogP contribution in [0.3, 0.4) is 0 Å². The molecule has 142 valence electrons. The minimum atomic E-state index is -1.10. The van der Waals surface area contributed by atoms with Gasteiger partial charge >= 0.3 is 11.9 Å². The summed E-state index contributed by atoms with van der Waals surface area (Å²) in [6.45, 7) is 3.19. The van der Waals surface area contributed by atoms with Gasteiger partial charge in [-0.05, 0) is 38.0 Å². The molecule has 0 radical (unpaired) electrons. The minimum Gasteiger partial charge on any atom is -0.478 e. The SMILES string of the molecule is CCOC(=O)C1CCN(/C=C(/C#N)C(=O)Nc2cccc(C(=O)O)c2)CC1. The van der Waals surface area contributed by atoms with Crippen LogP contribution in [0.5, 0.6) is 0 Å². The van der Waals surface area contributed by atoms with Crippen molar-refractivity contribution in [3.63, 3.8) is 0 Å².